The average molecular weight is 245 g/mol. The second-order valence-electron chi connectivity index (χ2n) is 3.86. The largest absolute Gasteiger partial charge is 0.497 e. The number of hydrogen-bond donors (Lipinski definition) is 1. The summed E-state index contributed by atoms with van der Waals surface area (Å²) in [5.41, 5.74) is 1.77. The molecule has 1 N–H and O–H groups in total. The summed E-state index contributed by atoms with van der Waals surface area (Å²) in [5, 5.41) is 7.08. The van der Waals surface area contributed by atoms with Crippen LogP contribution in [0.15, 0.2) is 36.5 Å². The number of carbonyl (C=O) groups excluding carboxylic acids is 1. The van der Waals surface area contributed by atoms with Crippen LogP contribution in [0.25, 0.3) is 5.69 Å². The van der Waals surface area contributed by atoms with Crippen LogP contribution in [0.4, 0.5) is 0 Å². The van der Waals surface area contributed by atoms with E-state index in [4.69, 9.17) is 4.74 Å². The molecule has 1 heterocycles. The van der Waals surface area contributed by atoms with Crippen LogP contribution in [0.2, 0.25) is 0 Å². The number of hydrogen-bond acceptors (Lipinski definition) is 3. The first-order valence-corrected chi connectivity index (χ1v) is 5.62. The van der Waals surface area contributed by atoms with Gasteiger partial charge in [0.1, 0.15) is 5.75 Å². The Morgan fingerprint density at radius 1 is 1.33 bits per heavy atom. The minimum Gasteiger partial charge on any atom is -0.497 e. The normalized spacial score (nSPS) is 10.1. The number of nitrogens with one attached hydrogen (secondary N) is 1. The minimum absolute atomic E-state index is 0.0611. The number of ether oxygens (including phenoxy) is 1. The van der Waals surface area contributed by atoms with Crippen molar-refractivity contribution in [1.29, 1.82) is 0 Å². The van der Waals surface area contributed by atoms with Crippen LogP contribution in [0.5, 0.6) is 5.75 Å². The Hall–Kier alpha value is -2.30. The number of methoxy groups -OCH3 is 1. The van der Waals surface area contributed by atoms with Gasteiger partial charge in [-0.3, -0.25) is 4.79 Å². The van der Waals surface area contributed by atoms with Gasteiger partial charge < -0.3 is 10.1 Å². The van der Waals surface area contributed by atoms with Gasteiger partial charge in [-0.2, -0.15) is 5.10 Å². The van der Waals surface area contributed by atoms with Crippen LogP contribution in [0, 0.1) is 0 Å². The highest BCUT2D eigenvalue weighted by molar-refractivity contribution is 5.72. The van der Waals surface area contributed by atoms with Crippen LogP contribution in [-0.2, 0) is 11.3 Å². The molecule has 5 nitrogen and oxygen atoms in total. The van der Waals surface area contributed by atoms with Crippen molar-refractivity contribution < 1.29 is 9.53 Å². The van der Waals surface area contributed by atoms with E-state index in [9.17, 15) is 4.79 Å². The van der Waals surface area contributed by atoms with E-state index in [2.05, 4.69) is 10.4 Å². The standard InChI is InChI=1S/C13H15N3O2/c1-10(17)14-9-11-7-8-16(15-11)12-3-5-13(18-2)6-4-12/h3-8H,9H2,1-2H3,(H,14,17). The van der Waals surface area contributed by atoms with E-state index in [1.807, 2.05) is 36.5 Å². The number of nitrogens with zero attached hydrogens (tertiary/aromatic N) is 2. The molecule has 0 radical (unpaired) electrons. The van der Waals surface area contributed by atoms with Gasteiger partial charge in [-0.05, 0) is 30.3 Å². The molecule has 0 aliphatic heterocycles. The highest BCUT2D eigenvalue weighted by Gasteiger charge is 2.02. The SMILES string of the molecule is COc1ccc(-n2ccc(CNC(C)=O)n2)cc1. The summed E-state index contributed by atoms with van der Waals surface area (Å²) >= 11 is 0. The first-order chi connectivity index (χ1) is 8.69. The second-order valence-corrected chi connectivity index (χ2v) is 3.86. The van der Waals surface area contributed by atoms with E-state index in [-0.39, 0.29) is 5.91 Å². The van der Waals surface area contributed by atoms with Crippen molar-refractivity contribution in [1.82, 2.24) is 15.1 Å². The van der Waals surface area contributed by atoms with E-state index < -0.39 is 0 Å². The molecule has 0 bridgehead atoms. The topological polar surface area (TPSA) is 56.1 Å². The highest BCUT2D eigenvalue weighted by Crippen LogP contribution is 2.14. The van der Waals surface area contributed by atoms with Crippen LogP contribution >= 0.6 is 0 Å². The molecule has 2 aromatic rings. The van der Waals surface area contributed by atoms with Gasteiger partial charge in [0.2, 0.25) is 5.91 Å². The van der Waals surface area contributed by atoms with Crippen molar-refractivity contribution in [2.45, 2.75) is 13.5 Å². The van der Waals surface area contributed by atoms with Gasteiger partial charge in [-0.15, -0.1) is 0 Å². The Morgan fingerprint density at radius 3 is 2.67 bits per heavy atom. The lowest BCUT2D eigenvalue weighted by atomic mass is 10.3. The first-order valence-electron chi connectivity index (χ1n) is 5.62. The van der Waals surface area contributed by atoms with Gasteiger partial charge >= 0.3 is 0 Å². The quantitative estimate of drug-likeness (QED) is 0.888. The van der Waals surface area contributed by atoms with E-state index in [1.165, 1.54) is 6.92 Å². The van der Waals surface area contributed by atoms with Crippen LogP contribution in [0.3, 0.4) is 0 Å². The summed E-state index contributed by atoms with van der Waals surface area (Å²) < 4.78 is 6.86. The molecular formula is C13H15N3O2. The van der Waals surface area contributed by atoms with Crippen LogP contribution < -0.4 is 10.1 Å². The molecule has 0 unspecified atom stereocenters. The van der Waals surface area contributed by atoms with Gasteiger partial charge in [-0.1, -0.05) is 0 Å². The predicted octanol–water partition coefficient (Wildman–Crippen LogP) is 1.52. The summed E-state index contributed by atoms with van der Waals surface area (Å²) in [7, 11) is 1.63. The van der Waals surface area contributed by atoms with Crippen molar-refractivity contribution >= 4 is 5.91 Å². The third-order valence-electron chi connectivity index (χ3n) is 2.50. The van der Waals surface area contributed by atoms with Gasteiger partial charge in [0, 0.05) is 13.1 Å². The van der Waals surface area contributed by atoms with E-state index in [1.54, 1.807) is 11.8 Å². The molecule has 18 heavy (non-hydrogen) atoms. The van der Waals surface area contributed by atoms with Crippen molar-refractivity contribution in [2.24, 2.45) is 0 Å². The zero-order chi connectivity index (χ0) is 13.0. The Balaban J connectivity index is 2.10. The third kappa shape index (κ3) is 2.88. The molecule has 0 aliphatic rings. The van der Waals surface area contributed by atoms with Crippen LogP contribution in [0.1, 0.15) is 12.6 Å². The Kier molecular flexibility index (Phi) is 3.62. The smallest absolute Gasteiger partial charge is 0.217 e. The fraction of sp³-hybridized carbons (Fsp3) is 0.231. The maximum atomic E-state index is 10.8. The zero-order valence-corrected chi connectivity index (χ0v) is 10.4. The van der Waals surface area contributed by atoms with E-state index in [0.29, 0.717) is 6.54 Å². The van der Waals surface area contributed by atoms with E-state index in [0.717, 1.165) is 17.1 Å². The summed E-state index contributed by atoms with van der Waals surface area (Å²) in [6.45, 7) is 1.93. The molecule has 5 heteroatoms. The van der Waals surface area contributed by atoms with Gasteiger partial charge in [0.25, 0.3) is 0 Å². The lowest BCUT2D eigenvalue weighted by Crippen LogP contribution is -2.19. The Morgan fingerprint density at radius 2 is 2.06 bits per heavy atom. The Labute approximate surface area is 105 Å². The summed E-state index contributed by atoms with van der Waals surface area (Å²) in [4.78, 5) is 10.8. The number of amides is 1. The Bertz CT molecular complexity index is 531. The summed E-state index contributed by atoms with van der Waals surface area (Å²) in [5.74, 6) is 0.748. The van der Waals surface area contributed by atoms with Crippen molar-refractivity contribution in [2.75, 3.05) is 7.11 Å². The maximum Gasteiger partial charge on any atom is 0.217 e. The second kappa shape index (κ2) is 5.35. The minimum atomic E-state index is -0.0611. The van der Waals surface area contributed by atoms with Crippen LogP contribution in [-0.4, -0.2) is 22.8 Å². The van der Waals surface area contributed by atoms with E-state index >= 15 is 0 Å². The molecule has 1 amide bonds. The lowest BCUT2D eigenvalue weighted by molar-refractivity contribution is -0.119. The fourth-order valence-corrected chi connectivity index (χ4v) is 1.55. The summed E-state index contributed by atoms with van der Waals surface area (Å²) in [6.07, 6.45) is 1.86. The molecule has 0 saturated carbocycles. The highest BCUT2D eigenvalue weighted by atomic mass is 16.5. The monoisotopic (exact) mass is 245 g/mol. The molecule has 0 atom stereocenters. The lowest BCUT2D eigenvalue weighted by Gasteiger charge is -2.03. The van der Waals surface area contributed by atoms with Gasteiger partial charge in [-0.25, -0.2) is 4.68 Å². The molecule has 0 saturated heterocycles. The maximum absolute atomic E-state index is 10.8. The number of rotatable bonds is 4. The van der Waals surface area contributed by atoms with Crippen molar-refractivity contribution in [3.63, 3.8) is 0 Å². The van der Waals surface area contributed by atoms with Gasteiger partial charge in [0.15, 0.2) is 0 Å². The fourth-order valence-electron chi connectivity index (χ4n) is 1.55. The number of aromatic nitrogens is 2. The molecule has 1 aromatic heterocycles. The molecule has 2 rings (SSSR count). The van der Waals surface area contributed by atoms with Crippen molar-refractivity contribution in [3.05, 3.63) is 42.2 Å². The molecule has 0 aliphatic carbocycles. The average Bonchev–Trinajstić information content (AvgIpc) is 2.85. The number of benzene rings is 1. The van der Waals surface area contributed by atoms with Gasteiger partial charge in [0.05, 0.1) is 25.0 Å². The third-order valence-corrected chi connectivity index (χ3v) is 2.50. The first kappa shape index (κ1) is 12.2. The molecule has 0 fully saturated rings. The predicted molar refractivity (Wildman–Crippen MR) is 67.6 cm³/mol. The van der Waals surface area contributed by atoms with Crippen molar-refractivity contribution in [3.8, 4) is 11.4 Å². The number of carbonyl (C=O) groups is 1. The molecule has 94 valence electrons. The molecule has 0 spiro atoms. The zero-order valence-electron chi connectivity index (χ0n) is 10.4. The molecule has 1 aromatic carbocycles. The molecular weight excluding hydrogens is 230 g/mol. The summed E-state index contributed by atoms with van der Waals surface area (Å²) in [6, 6.07) is 9.48.